The van der Waals surface area contributed by atoms with E-state index in [9.17, 15) is 8.42 Å². The molecule has 0 spiro atoms. The van der Waals surface area contributed by atoms with Crippen molar-refractivity contribution in [2.45, 2.75) is 25.2 Å². The van der Waals surface area contributed by atoms with Crippen LogP contribution in [-0.4, -0.2) is 26.3 Å². The highest BCUT2D eigenvalue weighted by molar-refractivity contribution is 9.10. The number of halogens is 2. The number of rotatable bonds is 5. The maximum atomic E-state index is 12.5. The quantitative estimate of drug-likeness (QED) is 0.810. The molecule has 0 aliphatic carbocycles. The molecular weight excluding hydrogens is 352 g/mol. The van der Waals surface area contributed by atoms with Gasteiger partial charge >= 0.3 is 0 Å². The van der Waals surface area contributed by atoms with E-state index in [4.69, 9.17) is 17.3 Å². The van der Waals surface area contributed by atoms with Crippen molar-refractivity contribution in [3.05, 3.63) is 21.6 Å². The number of nitrogens with zero attached hydrogens (tertiary/aromatic N) is 1. The van der Waals surface area contributed by atoms with Crippen molar-refractivity contribution < 1.29 is 8.42 Å². The van der Waals surface area contributed by atoms with E-state index in [0.29, 0.717) is 27.6 Å². The molecular formula is C12H18BrClN2O2S. The molecule has 0 unspecified atom stereocenters. The van der Waals surface area contributed by atoms with E-state index in [2.05, 4.69) is 15.9 Å². The fourth-order valence-corrected chi connectivity index (χ4v) is 3.94. The topological polar surface area (TPSA) is 63.4 Å². The Morgan fingerprint density at radius 2 is 2.00 bits per heavy atom. The lowest BCUT2D eigenvalue weighted by molar-refractivity contribution is 0.428. The van der Waals surface area contributed by atoms with E-state index in [1.807, 2.05) is 13.8 Å². The maximum absolute atomic E-state index is 12.5. The van der Waals surface area contributed by atoms with Crippen LogP contribution in [0.2, 0.25) is 5.02 Å². The van der Waals surface area contributed by atoms with Crippen LogP contribution in [0.25, 0.3) is 0 Å². The number of nitrogens with two attached hydrogens (primary N) is 1. The molecule has 0 saturated heterocycles. The van der Waals surface area contributed by atoms with Gasteiger partial charge in [0.05, 0.1) is 9.37 Å². The van der Waals surface area contributed by atoms with Crippen LogP contribution in [0.15, 0.2) is 21.5 Å². The van der Waals surface area contributed by atoms with E-state index in [0.717, 1.165) is 6.42 Å². The summed E-state index contributed by atoms with van der Waals surface area (Å²) in [6.07, 6.45) is 0.795. The monoisotopic (exact) mass is 368 g/mol. The SMILES string of the molecule is CC(C)CCN(C)S(=O)(=O)c1cc(Cl)cc(N)c1Br. The molecule has 0 heterocycles. The molecule has 108 valence electrons. The number of hydrogen-bond donors (Lipinski definition) is 1. The standard InChI is InChI=1S/C12H18BrClN2O2S/c1-8(2)4-5-16(3)19(17,18)11-7-9(14)6-10(15)12(11)13/h6-8H,4-5,15H2,1-3H3. The molecule has 0 aliphatic heterocycles. The Morgan fingerprint density at radius 1 is 1.42 bits per heavy atom. The normalized spacial score (nSPS) is 12.4. The second-order valence-corrected chi connectivity index (χ2v) is 8.06. The fourth-order valence-electron chi connectivity index (χ4n) is 1.50. The van der Waals surface area contributed by atoms with Crippen molar-refractivity contribution >= 4 is 43.2 Å². The lowest BCUT2D eigenvalue weighted by Crippen LogP contribution is -2.29. The Kier molecular flexibility index (Phi) is 5.67. The summed E-state index contributed by atoms with van der Waals surface area (Å²) in [6.45, 7) is 4.56. The van der Waals surface area contributed by atoms with Gasteiger partial charge < -0.3 is 5.73 Å². The lowest BCUT2D eigenvalue weighted by Gasteiger charge is -2.19. The van der Waals surface area contributed by atoms with E-state index in [1.165, 1.54) is 16.4 Å². The minimum Gasteiger partial charge on any atom is -0.398 e. The van der Waals surface area contributed by atoms with Crippen LogP contribution < -0.4 is 5.73 Å². The Balaban J connectivity index is 3.13. The van der Waals surface area contributed by atoms with Gasteiger partial charge in [0.2, 0.25) is 10.0 Å². The molecule has 1 rings (SSSR count). The molecule has 1 aromatic carbocycles. The summed E-state index contributed by atoms with van der Waals surface area (Å²) in [5, 5.41) is 0.302. The third kappa shape index (κ3) is 4.08. The number of hydrogen-bond acceptors (Lipinski definition) is 3. The Hall–Kier alpha value is -0.300. The highest BCUT2D eigenvalue weighted by atomic mass is 79.9. The summed E-state index contributed by atoms with van der Waals surface area (Å²) in [5.74, 6) is 0.436. The molecule has 1 aromatic rings. The highest BCUT2D eigenvalue weighted by Gasteiger charge is 2.25. The summed E-state index contributed by atoms with van der Waals surface area (Å²) in [5.41, 5.74) is 6.03. The Morgan fingerprint density at radius 3 is 2.53 bits per heavy atom. The zero-order valence-corrected chi connectivity index (χ0v) is 14.3. The third-order valence-corrected chi connectivity index (χ3v) is 5.99. The molecule has 0 saturated carbocycles. The zero-order valence-electron chi connectivity index (χ0n) is 11.2. The molecule has 0 atom stereocenters. The fraction of sp³-hybridized carbons (Fsp3) is 0.500. The van der Waals surface area contributed by atoms with Crippen molar-refractivity contribution in [3.63, 3.8) is 0 Å². The minimum atomic E-state index is -3.59. The van der Waals surface area contributed by atoms with Crippen molar-refractivity contribution in [1.29, 1.82) is 0 Å². The predicted molar refractivity (Wildman–Crippen MR) is 82.8 cm³/mol. The van der Waals surface area contributed by atoms with Gasteiger partial charge in [0, 0.05) is 24.3 Å². The first-order valence-electron chi connectivity index (χ1n) is 5.87. The smallest absolute Gasteiger partial charge is 0.244 e. The molecule has 0 aromatic heterocycles. The summed E-state index contributed by atoms with van der Waals surface area (Å²) >= 11 is 9.09. The largest absolute Gasteiger partial charge is 0.398 e. The second-order valence-electron chi connectivity index (χ2n) is 4.82. The molecule has 19 heavy (non-hydrogen) atoms. The van der Waals surface area contributed by atoms with Crippen LogP contribution in [-0.2, 0) is 10.0 Å². The maximum Gasteiger partial charge on any atom is 0.244 e. The molecule has 4 nitrogen and oxygen atoms in total. The molecule has 0 bridgehead atoms. The van der Waals surface area contributed by atoms with Gasteiger partial charge in [0.25, 0.3) is 0 Å². The summed E-state index contributed by atoms with van der Waals surface area (Å²) in [4.78, 5) is 0.101. The molecule has 0 fully saturated rings. The third-order valence-electron chi connectivity index (χ3n) is 2.74. The molecule has 0 radical (unpaired) electrons. The van der Waals surface area contributed by atoms with Gasteiger partial charge in [0.1, 0.15) is 0 Å². The Labute approximate surface area is 128 Å². The zero-order chi connectivity index (χ0) is 14.8. The van der Waals surface area contributed by atoms with Crippen LogP contribution in [0.1, 0.15) is 20.3 Å². The van der Waals surface area contributed by atoms with Crippen molar-refractivity contribution in [2.75, 3.05) is 19.3 Å². The summed E-state index contributed by atoms with van der Waals surface area (Å²) < 4.78 is 26.6. The van der Waals surface area contributed by atoms with Crippen molar-refractivity contribution in [3.8, 4) is 0 Å². The average molecular weight is 370 g/mol. The average Bonchev–Trinajstić information content (AvgIpc) is 2.30. The van der Waals surface area contributed by atoms with Crippen LogP contribution in [0.5, 0.6) is 0 Å². The first-order chi connectivity index (χ1) is 8.66. The van der Waals surface area contributed by atoms with Crippen LogP contribution >= 0.6 is 27.5 Å². The molecule has 7 heteroatoms. The number of nitrogen functional groups attached to an aromatic ring is 1. The van der Waals surface area contributed by atoms with Crippen LogP contribution in [0.3, 0.4) is 0 Å². The highest BCUT2D eigenvalue weighted by Crippen LogP contribution is 2.33. The van der Waals surface area contributed by atoms with Crippen molar-refractivity contribution in [1.82, 2.24) is 4.31 Å². The predicted octanol–water partition coefficient (Wildman–Crippen LogP) is 3.35. The number of benzene rings is 1. The first-order valence-corrected chi connectivity index (χ1v) is 8.48. The summed E-state index contributed by atoms with van der Waals surface area (Å²) in [7, 11) is -2.03. The van der Waals surface area contributed by atoms with E-state index >= 15 is 0 Å². The Bertz CT molecular complexity index is 561. The first kappa shape index (κ1) is 16.8. The van der Waals surface area contributed by atoms with Crippen LogP contribution in [0, 0.1) is 5.92 Å². The van der Waals surface area contributed by atoms with Gasteiger partial charge in [-0.3, -0.25) is 0 Å². The number of anilines is 1. The van der Waals surface area contributed by atoms with Gasteiger partial charge in [-0.1, -0.05) is 25.4 Å². The van der Waals surface area contributed by atoms with E-state index < -0.39 is 10.0 Å². The van der Waals surface area contributed by atoms with E-state index in [1.54, 1.807) is 7.05 Å². The number of sulfonamides is 1. The van der Waals surface area contributed by atoms with Crippen LogP contribution in [0.4, 0.5) is 5.69 Å². The molecule has 0 amide bonds. The van der Waals surface area contributed by atoms with Gasteiger partial charge in [-0.2, -0.15) is 0 Å². The molecule has 2 N–H and O–H groups in total. The van der Waals surface area contributed by atoms with Gasteiger partial charge in [0.15, 0.2) is 0 Å². The van der Waals surface area contributed by atoms with Gasteiger partial charge in [-0.05, 0) is 40.4 Å². The van der Waals surface area contributed by atoms with Gasteiger partial charge in [-0.25, -0.2) is 12.7 Å². The summed E-state index contributed by atoms with van der Waals surface area (Å²) in [6, 6.07) is 2.92. The second kappa shape index (κ2) is 6.43. The van der Waals surface area contributed by atoms with Crippen molar-refractivity contribution in [2.24, 2.45) is 5.92 Å². The van der Waals surface area contributed by atoms with Gasteiger partial charge in [-0.15, -0.1) is 0 Å². The minimum absolute atomic E-state index is 0.101. The lowest BCUT2D eigenvalue weighted by atomic mass is 10.1. The molecule has 0 aliphatic rings. The van der Waals surface area contributed by atoms with E-state index in [-0.39, 0.29) is 4.90 Å².